The maximum absolute atomic E-state index is 11.1. The first-order valence-electron chi connectivity index (χ1n) is 11.3. The van der Waals surface area contributed by atoms with Gasteiger partial charge >= 0.3 is 5.97 Å². The molecule has 2 rings (SSSR count). The van der Waals surface area contributed by atoms with E-state index in [9.17, 15) is 20.1 Å². The maximum Gasteiger partial charge on any atom is 0.305 e. The van der Waals surface area contributed by atoms with Crippen LogP contribution in [0.4, 0.5) is 0 Å². The molecule has 5 heteroatoms. The molecule has 0 amide bonds. The van der Waals surface area contributed by atoms with Crippen LogP contribution >= 0.6 is 0 Å². The van der Waals surface area contributed by atoms with Crippen LogP contribution in [0.3, 0.4) is 0 Å². The second-order valence-electron chi connectivity index (χ2n) is 8.62. The van der Waals surface area contributed by atoms with Crippen LogP contribution in [0.2, 0.25) is 0 Å². The molecule has 3 N–H and O–H groups in total. The van der Waals surface area contributed by atoms with Gasteiger partial charge in [-0.05, 0) is 38.0 Å². The number of carbonyl (C=O) groups is 1. The first-order chi connectivity index (χ1) is 14.0. The number of allylic oxidation sites excluding steroid dienone is 2. The van der Waals surface area contributed by atoms with Crippen molar-refractivity contribution in [1.82, 2.24) is 0 Å². The first kappa shape index (κ1) is 23.9. The summed E-state index contributed by atoms with van der Waals surface area (Å²) in [6, 6.07) is 0. The van der Waals surface area contributed by atoms with Crippen LogP contribution in [0.5, 0.6) is 0 Å². The molecule has 2 saturated carbocycles. The second-order valence-corrected chi connectivity index (χ2v) is 8.62. The number of ether oxygens (including phenoxy) is 1. The lowest BCUT2D eigenvalue weighted by atomic mass is 9.85. The van der Waals surface area contributed by atoms with Crippen LogP contribution < -0.4 is 0 Å². The Morgan fingerprint density at radius 1 is 1.17 bits per heavy atom. The monoisotopic (exact) mass is 406 g/mol. The molecule has 0 aromatic heterocycles. The summed E-state index contributed by atoms with van der Waals surface area (Å²) in [7, 11) is 1.39. The van der Waals surface area contributed by atoms with E-state index in [-0.39, 0.29) is 17.8 Å². The highest BCUT2D eigenvalue weighted by atomic mass is 16.5. The van der Waals surface area contributed by atoms with Gasteiger partial charge < -0.3 is 20.1 Å². The van der Waals surface area contributed by atoms with Gasteiger partial charge in [-0.3, -0.25) is 4.79 Å². The number of esters is 1. The molecule has 5 atom stereocenters. The van der Waals surface area contributed by atoms with Crippen LogP contribution in [0.1, 0.15) is 77.0 Å². The van der Waals surface area contributed by atoms with E-state index >= 15 is 0 Å². The van der Waals surface area contributed by atoms with Crippen LogP contribution in [0.15, 0.2) is 12.2 Å². The van der Waals surface area contributed by atoms with E-state index in [1.807, 2.05) is 12.2 Å². The van der Waals surface area contributed by atoms with Crippen molar-refractivity contribution in [2.45, 2.75) is 95.4 Å². The third kappa shape index (κ3) is 8.50. The summed E-state index contributed by atoms with van der Waals surface area (Å²) in [5, 5.41) is 30.8. The van der Waals surface area contributed by atoms with Crippen molar-refractivity contribution in [3.8, 4) is 11.8 Å². The van der Waals surface area contributed by atoms with Gasteiger partial charge in [0.2, 0.25) is 0 Å². The lowest BCUT2D eigenvalue weighted by Gasteiger charge is -2.21. The molecule has 0 aromatic rings. The third-order valence-electron chi connectivity index (χ3n) is 6.40. The fraction of sp³-hybridized carbons (Fsp3) is 0.792. The molecule has 2 fully saturated rings. The molecule has 0 heterocycles. The van der Waals surface area contributed by atoms with Crippen molar-refractivity contribution in [3.05, 3.63) is 12.2 Å². The number of hydrogen-bond acceptors (Lipinski definition) is 5. The molecule has 0 radical (unpaired) electrons. The molecular weight excluding hydrogens is 368 g/mol. The molecule has 0 bridgehead atoms. The van der Waals surface area contributed by atoms with Crippen molar-refractivity contribution >= 4 is 5.97 Å². The zero-order valence-electron chi connectivity index (χ0n) is 17.8. The van der Waals surface area contributed by atoms with Gasteiger partial charge in [-0.2, -0.15) is 0 Å². The van der Waals surface area contributed by atoms with Crippen molar-refractivity contribution in [2.75, 3.05) is 7.11 Å². The topological polar surface area (TPSA) is 87.0 Å². The van der Waals surface area contributed by atoms with Crippen molar-refractivity contribution in [2.24, 2.45) is 17.8 Å². The molecular formula is C24H38O5. The highest BCUT2D eigenvalue weighted by Crippen LogP contribution is 2.35. The Hall–Kier alpha value is -1.35. The zero-order valence-corrected chi connectivity index (χ0v) is 17.8. The summed E-state index contributed by atoms with van der Waals surface area (Å²) in [6.07, 6.45) is 13.2. The van der Waals surface area contributed by atoms with Gasteiger partial charge in [-0.15, -0.1) is 0 Å². The predicted molar refractivity (Wildman–Crippen MR) is 113 cm³/mol. The Labute approximate surface area is 175 Å². The van der Waals surface area contributed by atoms with E-state index < -0.39 is 18.3 Å². The summed E-state index contributed by atoms with van der Waals surface area (Å²) < 4.78 is 4.62. The number of methoxy groups -OCH3 is 1. The number of carbonyl (C=O) groups excluding carboxylic acids is 1. The molecule has 0 spiro atoms. The summed E-state index contributed by atoms with van der Waals surface area (Å²) in [5.74, 6) is 6.08. The minimum absolute atomic E-state index is 0.125. The standard InChI is InChI=1S/C24H38O5/c1-29-24(28)12-8-3-2-7-11-20-21(23(27)17-22(20)26)16-15-19(25)14-13-18-9-5-4-6-10-18/h2,7,18-23,25-27H,3-6,8-14,17H2,1H3/b7-2-/t19-,20-,21-,22+,23-/m1/s1. The Kier molecular flexibility index (Phi) is 10.8. The van der Waals surface area contributed by atoms with Gasteiger partial charge in [0.05, 0.1) is 25.2 Å². The summed E-state index contributed by atoms with van der Waals surface area (Å²) in [6.45, 7) is 0. The summed E-state index contributed by atoms with van der Waals surface area (Å²) >= 11 is 0. The average molecular weight is 407 g/mol. The fourth-order valence-corrected chi connectivity index (χ4v) is 4.57. The van der Waals surface area contributed by atoms with E-state index in [0.717, 1.165) is 25.2 Å². The number of hydrogen-bond donors (Lipinski definition) is 3. The van der Waals surface area contributed by atoms with Crippen molar-refractivity contribution in [3.63, 3.8) is 0 Å². The predicted octanol–water partition coefficient (Wildman–Crippen LogP) is 3.36. The molecule has 0 aliphatic heterocycles. The summed E-state index contributed by atoms with van der Waals surface area (Å²) in [5.41, 5.74) is 0. The van der Waals surface area contributed by atoms with E-state index in [4.69, 9.17) is 0 Å². The van der Waals surface area contributed by atoms with E-state index in [0.29, 0.717) is 25.7 Å². The fourth-order valence-electron chi connectivity index (χ4n) is 4.57. The second kappa shape index (κ2) is 13.1. The van der Waals surface area contributed by atoms with Gasteiger partial charge in [0.1, 0.15) is 6.10 Å². The highest BCUT2D eigenvalue weighted by molar-refractivity contribution is 5.69. The number of unbranched alkanes of at least 4 members (excludes halogenated alkanes) is 1. The SMILES string of the molecule is COC(=O)CCC/C=C\C[C@@H]1[C@@H](C#C[C@H](O)CCC2CCCCC2)[C@H](O)C[C@@H]1O. The first-order valence-corrected chi connectivity index (χ1v) is 11.3. The third-order valence-corrected chi connectivity index (χ3v) is 6.40. The Balaban J connectivity index is 1.78. The molecule has 2 aliphatic carbocycles. The van der Waals surface area contributed by atoms with E-state index in [1.165, 1.54) is 39.2 Å². The molecule has 164 valence electrons. The highest BCUT2D eigenvalue weighted by Gasteiger charge is 2.40. The molecule has 2 aliphatic rings. The van der Waals surface area contributed by atoms with Crippen molar-refractivity contribution in [1.29, 1.82) is 0 Å². The largest absolute Gasteiger partial charge is 0.469 e. The van der Waals surface area contributed by atoms with Crippen LogP contribution in [-0.4, -0.2) is 46.7 Å². The quantitative estimate of drug-likeness (QED) is 0.237. The number of rotatable bonds is 9. The van der Waals surface area contributed by atoms with Gasteiger partial charge in [0.15, 0.2) is 0 Å². The van der Waals surface area contributed by atoms with E-state index in [1.54, 1.807) is 0 Å². The van der Waals surface area contributed by atoms with Crippen LogP contribution in [-0.2, 0) is 9.53 Å². The minimum Gasteiger partial charge on any atom is -0.469 e. The van der Waals surface area contributed by atoms with Gasteiger partial charge in [0, 0.05) is 18.8 Å². The maximum atomic E-state index is 11.1. The number of aliphatic hydroxyl groups is 3. The Morgan fingerprint density at radius 3 is 2.66 bits per heavy atom. The summed E-state index contributed by atoms with van der Waals surface area (Å²) in [4.78, 5) is 11.1. The lowest BCUT2D eigenvalue weighted by molar-refractivity contribution is -0.140. The molecule has 0 unspecified atom stereocenters. The molecule has 0 aromatic carbocycles. The van der Waals surface area contributed by atoms with Crippen LogP contribution in [0, 0.1) is 29.6 Å². The van der Waals surface area contributed by atoms with Gasteiger partial charge in [-0.25, -0.2) is 0 Å². The average Bonchev–Trinajstić information content (AvgIpc) is 3.00. The zero-order chi connectivity index (χ0) is 21.1. The Morgan fingerprint density at radius 2 is 1.93 bits per heavy atom. The molecule has 29 heavy (non-hydrogen) atoms. The van der Waals surface area contributed by atoms with Crippen molar-refractivity contribution < 1.29 is 24.9 Å². The normalized spacial score (nSPS) is 28.8. The smallest absolute Gasteiger partial charge is 0.305 e. The van der Waals surface area contributed by atoms with E-state index in [2.05, 4.69) is 16.6 Å². The number of aliphatic hydroxyl groups excluding tert-OH is 3. The molecule has 0 saturated heterocycles. The van der Waals surface area contributed by atoms with Crippen LogP contribution in [0.25, 0.3) is 0 Å². The molecule has 5 nitrogen and oxygen atoms in total. The Bertz CT molecular complexity index is 570. The minimum atomic E-state index is -0.656. The lowest BCUT2D eigenvalue weighted by Crippen LogP contribution is -2.21. The van der Waals surface area contributed by atoms with Gasteiger partial charge in [0.25, 0.3) is 0 Å². The van der Waals surface area contributed by atoms with Gasteiger partial charge in [-0.1, -0.05) is 56.1 Å².